The minimum absolute atomic E-state index is 0.0602. The second-order valence-electron chi connectivity index (χ2n) is 4.72. The maximum absolute atomic E-state index is 11.5. The Balaban J connectivity index is 4.21. The van der Waals surface area contributed by atoms with Crippen molar-refractivity contribution in [1.82, 2.24) is 5.32 Å². The fourth-order valence-electron chi connectivity index (χ4n) is 1.17. The summed E-state index contributed by atoms with van der Waals surface area (Å²) in [4.78, 5) is 22.1. The number of aliphatic carboxylic acids is 1. The first-order valence-corrected chi connectivity index (χ1v) is 8.37. The van der Waals surface area contributed by atoms with Gasteiger partial charge in [-0.25, -0.2) is 0 Å². The molecule has 0 radical (unpaired) electrons. The first-order valence-electron chi connectivity index (χ1n) is 5.45. The maximum atomic E-state index is 11.5. The molecule has 0 rings (SSSR count). The van der Waals surface area contributed by atoms with E-state index in [2.05, 4.69) is 11.1 Å². The Hall–Kier alpha value is -0.741. The fraction of sp³-hybridized carbons (Fsp3) is 0.818. The van der Waals surface area contributed by atoms with Crippen LogP contribution >= 0.6 is 0 Å². The predicted molar refractivity (Wildman–Crippen MR) is 66.5 cm³/mol. The van der Waals surface area contributed by atoms with Crippen molar-refractivity contribution in [2.45, 2.75) is 56.4 Å². The molecule has 0 fully saturated rings. The number of alkyl carbamates (subject to hydrolysis) is 1. The van der Waals surface area contributed by atoms with Gasteiger partial charge in [0.2, 0.25) is 0 Å². The molecule has 0 heterocycles. The van der Waals surface area contributed by atoms with Gasteiger partial charge in [-0.15, -0.1) is 0 Å². The topological polar surface area (TPSA) is 75.6 Å². The van der Waals surface area contributed by atoms with E-state index in [0.717, 1.165) is 5.32 Å². The van der Waals surface area contributed by atoms with Crippen LogP contribution in [0.25, 0.3) is 0 Å². The van der Waals surface area contributed by atoms with Crippen molar-refractivity contribution in [2.24, 2.45) is 0 Å². The molecule has 0 saturated carbocycles. The average molecular weight is 310 g/mol. The zero-order chi connectivity index (χ0) is 13.5. The SMILES string of the molecule is C[Se]CC[C@@H](CC(=O)O)NC(=O)OC(C)(C)C. The number of rotatable bonds is 6. The zero-order valence-corrected chi connectivity index (χ0v) is 12.5. The van der Waals surface area contributed by atoms with E-state index < -0.39 is 17.7 Å². The number of ether oxygens (including phenoxy) is 1. The van der Waals surface area contributed by atoms with Gasteiger partial charge in [0, 0.05) is 0 Å². The summed E-state index contributed by atoms with van der Waals surface area (Å²) in [5.41, 5.74) is -0.563. The van der Waals surface area contributed by atoms with Crippen molar-refractivity contribution < 1.29 is 19.4 Å². The van der Waals surface area contributed by atoms with Gasteiger partial charge < -0.3 is 0 Å². The molecule has 1 amide bonds. The van der Waals surface area contributed by atoms with Crippen molar-refractivity contribution in [2.75, 3.05) is 0 Å². The molecule has 0 bridgehead atoms. The normalized spacial score (nSPS) is 12.9. The molecule has 0 saturated heterocycles. The van der Waals surface area contributed by atoms with E-state index in [1.807, 2.05) is 0 Å². The molecular weight excluding hydrogens is 289 g/mol. The summed E-state index contributed by atoms with van der Waals surface area (Å²) >= 11 is 0.479. The number of carbonyl (C=O) groups is 2. The molecule has 0 aliphatic rings. The molecule has 5 nitrogen and oxygen atoms in total. The average Bonchev–Trinajstić information content (AvgIpc) is 2.09. The molecule has 6 heteroatoms. The van der Waals surface area contributed by atoms with Gasteiger partial charge in [0.05, 0.1) is 0 Å². The number of carboxylic acids is 1. The van der Waals surface area contributed by atoms with Gasteiger partial charge in [0.15, 0.2) is 0 Å². The van der Waals surface area contributed by atoms with Crippen molar-refractivity contribution in [3.8, 4) is 0 Å². The molecule has 0 aromatic carbocycles. The van der Waals surface area contributed by atoms with Crippen LogP contribution in [-0.4, -0.2) is 43.8 Å². The summed E-state index contributed by atoms with van der Waals surface area (Å²) in [6.45, 7) is 5.32. The molecule has 0 aromatic heterocycles. The van der Waals surface area contributed by atoms with Gasteiger partial charge in [0.25, 0.3) is 0 Å². The first-order chi connectivity index (χ1) is 7.74. The van der Waals surface area contributed by atoms with Crippen molar-refractivity contribution in [3.05, 3.63) is 0 Å². The van der Waals surface area contributed by atoms with E-state index in [4.69, 9.17) is 9.84 Å². The van der Waals surface area contributed by atoms with Gasteiger partial charge in [-0.05, 0) is 0 Å². The van der Waals surface area contributed by atoms with Gasteiger partial charge in [-0.1, -0.05) is 0 Å². The Morgan fingerprint density at radius 2 is 2.00 bits per heavy atom. The number of carbonyl (C=O) groups excluding carboxylic acids is 1. The van der Waals surface area contributed by atoms with Crippen LogP contribution in [0.1, 0.15) is 33.6 Å². The Bertz CT molecular complexity index is 263. The molecule has 17 heavy (non-hydrogen) atoms. The minimum atomic E-state index is -0.908. The van der Waals surface area contributed by atoms with Crippen LogP contribution in [0.3, 0.4) is 0 Å². The number of hydrogen-bond acceptors (Lipinski definition) is 3. The summed E-state index contributed by atoms with van der Waals surface area (Å²) in [6.07, 6.45) is 0.0736. The molecule has 100 valence electrons. The predicted octanol–water partition coefficient (Wildman–Crippen LogP) is 1.92. The first kappa shape index (κ1) is 16.3. The van der Waals surface area contributed by atoms with E-state index in [0.29, 0.717) is 21.4 Å². The molecular formula is C11H21NO4Se. The van der Waals surface area contributed by atoms with E-state index >= 15 is 0 Å². The van der Waals surface area contributed by atoms with Gasteiger partial charge in [-0.2, -0.15) is 0 Å². The number of nitrogens with one attached hydrogen (secondary N) is 1. The third kappa shape index (κ3) is 10.1. The third-order valence-corrected chi connectivity index (χ3v) is 3.16. The number of amides is 1. The molecule has 2 N–H and O–H groups in total. The summed E-state index contributed by atoms with van der Waals surface area (Å²) in [6, 6.07) is -0.343. The third-order valence-electron chi connectivity index (χ3n) is 1.81. The number of hydrogen-bond donors (Lipinski definition) is 2. The quantitative estimate of drug-likeness (QED) is 0.735. The van der Waals surface area contributed by atoms with Crippen molar-refractivity contribution in [3.63, 3.8) is 0 Å². The van der Waals surface area contributed by atoms with Crippen molar-refractivity contribution in [1.29, 1.82) is 0 Å². The standard InChI is InChI=1S/C11H21NO4Se/c1-11(2,3)16-10(15)12-8(5-6-17-4)7-9(13)14/h8H,5-7H2,1-4H3,(H,12,15)(H,13,14)/t8-/m0/s1. The van der Waals surface area contributed by atoms with Crippen LogP contribution in [0, 0.1) is 0 Å². The monoisotopic (exact) mass is 311 g/mol. The van der Waals surface area contributed by atoms with E-state index in [-0.39, 0.29) is 12.5 Å². The van der Waals surface area contributed by atoms with Crippen LogP contribution in [0.2, 0.25) is 11.1 Å². The molecule has 0 spiro atoms. The van der Waals surface area contributed by atoms with E-state index in [1.54, 1.807) is 20.8 Å². The van der Waals surface area contributed by atoms with Gasteiger partial charge in [0.1, 0.15) is 0 Å². The van der Waals surface area contributed by atoms with Gasteiger partial charge >= 0.3 is 108 Å². The number of carboxylic acid groups (broad SMARTS) is 1. The van der Waals surface area contributed by atoms with Crippen molar-refractivity contribution >= 4 is 27.0 Å². The van der Waals surface area contributed by atoms with Crippen LogP contribution < -0.4 is 5.32 Å². The van der Waals surface area contributed by atoms with Crippen LogP contribution in [-0.2, 0) is 9.53 Å². The Labute approximate surface area is 108 Å². The van der Waals surface area contributed by atoms with Gasteiger partial charge in [-0.3, -0.25) is 0 Å². The molecule has 0 aliphatic heterocycles. The summed E-state index contributed by atoms with van der Waals surface area (Å²) in [5, 5.41) is 12.3. The Kier molecular flexibility index (Phi) is 7.23. The molecule has 1 atom stereocenters. The summed E-state index contributed by atoms with van der Waals surface area (Å²) in [5.74, 6) is 1.17. The Morgan fingerprint density at radius 3 is 2.41 bits per heavy atom. The summed E-state index contributed by atoms with van der Waals surface area (Å²) in [7, 11) is 0. The molecule has 0 aromatic rings. The summed E-state index contributed by atoms with van der Waals surface area (Å²) < 4.78 is 5.09. The zero-order valence-electron chi connectivity index (χ0n) is 10.8. The van der Waals surface area contributed by atoms with Crippen LogP contribution in [0.5, 0.6) is 0 Å². The van der Waals surface area contributed by atoms with Crippen LogP contribution in [0.15, 0.2) is 0 Å². The second kappa shape index (κ2) is 7.56. The fourth-order valence-corrected chi connectivity index (χ4v) is 2.26. The second-order valence-corrected chi connectivity index (χ2v) is 6.79. The van der Waals surface area contributed by atoms with E-state index in [1.165, 1.54) is 0 Å². The van der Waals surface area contributed by atoms with E-state index in [9.17, 15) is 9.59 Å². The molecule has 0 aliphatic carbocycles. The molecule has 0 unspecified atom stereocenters. The Morgan fingerprint density at radius 1 is 1.41 bits per heavy atom. The van der Waals surface area contributed by atoms with Crippen LogP contribution in [0.4, 0.5) is 4.79 Å².